The Morgan fingerprint density at radius 3 is 2.42 bits per heavy atom. The van der Waals surface area contributed by atoms with Crippen LogP contribution in [-0.2, 0) is 10.5 Å². The van der Waals surface area contributed by atoms with E-state index in [2.05, 4.69) is 14.9 Å². The van der Waals surface area contributed by atoms with E-state index in [0.717, 1.165) is 60.0 Å². The van der Waals surface area contributed by atoms with Crippen LogP contribution >= 0.6 is 11.8 Å². The quantitative estimate of drug-likeness (QED) is 0.588. The van der Waals surface area contributed by atoms with Gasteiger partial charge in [-0.25, -0.2) is 9.97 Å². The fourth-order valence-corrected chi connectivity index (χ4v) is 3.27. The van der Waals surface area contributed by atoms with Gasteiger partial charge in [0, 0.05) is 31.0 Å². The second kappa shape index (κ2) is 8.21. The Balaban J connectivity index is 1.68. The van der Waals surface area contributed by atoms with E-state index in [-0.39, 0.29) is 0 Å². The lowest BCUT2D eigenvalue weighted by atomic mass is 10.2. The van der Waals surface area contributed by atoms with E-state index < -0.39 is 0 Å². The summed E-state index contributed by atoms with van der Waals surface area (Å²) in [5.41, 5.74) is 1.13. The Morgan fingerprint density at radius 2 is 1.75 bits per heavy atom. The Kier molecular flexibility index (Phi) is 5.77. The SMILES string of the molecule is COc1cc(CSc2cc(N3CCOCC3)ncn2)cc(OC)c1. The maximum atomic E-state index is 5.39. The molecule has 0 amide bonds. The van der Waals surface area contributed by atoms with Crippen LogP contribution in [0.2, 0.25) is 0 Å². The van der Waals surface area contributed by atoms with Gasteiger partial charge in [-0.1, -0.05) is 0 Å². The molecule has 1 aromatic carbocycles. The summed E-state index contributed by atoms with van der Waals surface area (Å²) in [7, 11) is 3.31. The summed E-state index contributed by atoms with van der Waals surface area (Å²) < 4.78 is 16.0. The van der Waals surface area contributed by atoms with Crippen LogP contribution < -0.4 is 14.4 Å². The second-order valence-corrected chi connectivity index (χ2v) is 6.32. The van der Waals surface area contributed by atoms with Crippen molar-refractivity contribution < 1.29 is 14.2 Å². The Bertz CT molecular complexity index is 656. The van der Waals surface area contributed by atoms with Gasteiger partial charge in [0.25, 0.3) is 0 Å². The van der Waals surface area contributed by atoms with Crippen LogP contribution in [0.3, 0.4) is 0 Å². The lowest BCUT2D eigenvalue weighted by Gasteiger charge is -2.27. The van der Waals surface area contributed by atoms with E-state index in [1.807, 2.05) is 24.3 Å². The molecule has 24 heavy (non-hydrogen) atoms. The van der Waals surface area contributed by atoms with Crippen molar-refractivity contribution >= 4 is 17.6 Å². The molecule has 0 aliphatic carbocycles. The normalized spacial score (nSPS) is 14.5. The van der Waals surface area contributed by atoms with Crippen molar-refractivity contribution in [3.05, 3.63) is 36.2 Å². The molecule has 1 fully saturated rings. The van der Waals surface area contributed by atoms with Crippen LogP contribution in [0.4, 0.5) is 5.82 Å². The molecule has 2 heterocycles. The standard InChI is InChI=1S/C17H21N3O3S/c1-21-14-7-13(8-15(9-14)22-2)11-24-17-10-16(18-12-19-17)20-3-5-23-6-4-20/h7-10,12H,3-6,11H2,1-2H3. The summed E-state index contributed by atoms with van der Waals surface area (Å²) in [6.45, 7) is 3.23. The molecule has 1 aliphatic rings. The molecular formula is C17H21N3O3S. The van der Waals surface area contributed by atoms with Crippen molar-refractivity contribution in [2.24, 2.45) is 0 Å². The van der Waals surface area contributed by atoms with E-state index >= 15 is 0 Å². The van der Waals surface area contributed by atoms with Gasteiger partial charge >= 0.3 is 0 Å². The first-order valence-electron chi connectivity index (χ1n) is 7.78. The molecule has 0 bridgehead atoms. The summed E-state index contributed by atoms with van der Waals surface area (Å²) >= 11 is 1.67. The molecule has 6 nitrogen and oxygen atoms in total. The maximum absolute atomic E-state index is 5.39. The third-order valence-corrected chi connectivity index (χ3v) is 4.76. The summed E-state index contributed by atoms with van der Waals surface area (Å²) in [6, 6.07) is 7.93. The van der Waals surface area contributed by atoms with E-state index in [4.69, 9.17) is 14.2 Å². The number of benzene rings is 1. The first kappa shape index (κ1) is 16.9. The Hall–Kier alpha value is -1.99. The minimum Gasteiger partial charge on any atom is -0.497 e. The van der Waals surface area contributed by atoms with Gasteiger partial charge in [0.2, 0.25) is 0 Å². The number of ether oxygens (including phenoxy) is 3. The Labute approximate surface area is 146 Å². The number of hydrogen-bond donors (Lipinski definition) is 0. The molecule has 1 aromatic heterocycles. The molecule has 3 rings (SSSR count). The molecule has 0 saturated carbocycles. The summed E-state index contributed by atoms with van der Waals surface area (Å²) in [5.74, 6) is 3.33. The molecule has 0 atom stereocenters. The van der Waals surface area contributed by atoms with Crippen LogP contribution in [0.1, 0.15) is 5.56 Å². The third-order valence-electron chi connectivity index (χ3n) is 3.76. The zero-order chi connectivity index (χ0) is 16.8. The molecule has 0 radical (unpaired) electrons. The lowest BCUT2D eigenvalue weighted by Crippen LogP contribution is -2.36. The third kappa shape index (κ3) is 4.30. The van der Waals surface area contributed by atoms with Crippen LogP contribution in [-0.4, -0.2) is 50.5 Å². The minimum atomic E-state index is 0.746. The Morgan fingerprint density at radius 1 is 1.04 bits per heavy atom. The highest BCUT2D eigenvalue weighted by Gasteiger charge is 2.13. The van der Waals surface area contributed by atoms with Crippen molar-refractivity contribution in [1.29, 1.82) is 0 Å². The van der Waals surface area contributed by atoms with Crippen molar-refractivity contribution in [2.75, 3.05) is 45.4 Å². The fourth-order valence-electron chi connectivity index (χ4n) is 2.48. The highest BCUT2D eigenvalue weighted by Crippen LogP contribution is 2.28. The van der Waals surface area contributed by atoms with Crippen LogP contribution in [0.5, 0.6) is 11.5 Å². The molecular weight excluding hydrogens is 326 g/mol. The highest BCUT2D eigenvalue weighted by molar-refractivity contribution is 7.98. The maximum Gasteiger partial charge on any atom is 0.133 e. The predicted molar refractivity (Wildman–Crippen MR) is 94.2 cm³/mol. The molecule has 7 heteroatoms. The van der Waals surface area contributed by atoms with Gasteiger partial charge < -0.3 is 19.1 Å². The average molecular weight is 347 g/mol. The minimum absolute atomic E-state index is 0.746. The molecule has 0 spiro atoms. The van der Waals surface area contributed by atoms with Crippen molar-refractivity contribution in [1.82, 2.24) is 9.97 Å². The first-order chi connectivity index (χ1) is 11.8. The van der Waals surface area contributed by atoms with Gasteiger partial charge in [0.05, 0.1) is 27.4 Å². The van der Waals surface area contributed by atoms with Crippen LogP contribution in [0.15, 0.2) is 35.6 Å². The molecule has 1 saturated heterocycles. The zero-order valence-electron chi connectivity index (χ0n) is 13.9. The summed E-state index contributed by atoms with van der Waals surface area (Å²) in [6.07, 6.45) is 1.62. The number of aromatic nitrogens is 2. The number of thioether (sulfide) groups is 1. The number of anilines is 1. The van der Waals surface area contributed by atoms with Gasteiger partial charge in [0.15, 0.2) is 0 Å². The summed E-state index contributed by atoms with van der Waals surface area (Å²) in [5, 5.41) is 0.952. The number of morpholine rings is 1. The van der Waals surface area contributed by atoms with Gasteiger partial charge in [0.1, 0.15) is 28.7 Å². The van der Waals surface area contributed by atoms with Gasteiger partial charge in [-0.3, -0.25) is 0 Å². The van der Waals surface area contributed by atoms with E-state index in [9.17, 15) is 0 Å². The van der Waals surface area contributed by atoms with Gasteiger partial charge in [-0.05, 0) is 17.7 Å². The molecule has 2 aromatic rings. The molecule has 128 valence electrons. The number of hydrogen-bond acceptors (Lipinski definition) is 7. The van der Waals surface area contributed by atoms with Crippen molar-refractivity contribution in [2.45, 2.75) is 10.8 Å². The fraction of sp³-hybridized carbons (Fsp3) is 0.412. The topological polar surface area (TPSA) is 56.7 Å². The zero-order valence-corrected chi connectivity index (χ0v) is 14.7. The smallest absolute Gasteiger partial charge is 0.133 e. The van der Waals surface area contributed by atoms with Gasteiger partial charge in [-0.2, -0.15) is 0 Å². The van der Waals surface area contributed by atoms with E-state index in [1.54, 1.807) is 32.3 Å². The van der Waals surface area contributed by atoms with E-state index in [0.29, 0.717) is 0 Å². The molecule has 0 N–H and O–H groups in total. The largest absolute Gasteiger partial charge is 0.497 e. The van der Waals surface area contributed by atoms with Crippen LogP contribution in [0.25, 0.3) is 0 Å². The average Bonchev–Trinajstić information content (AvgIpc) is 2.67. The number of nitrogens with zero attached hydrogens (tertiary/aromatic N) is 3. The summed E-state index contributed by atoms with van der Waals surface area (Å²) in [4.78, 5) is 11.0. The first-order valence-corrected chi connectivity index (χ1v) is 8.76. The highest BCUT2D eigenvalue weighted by atomic mass is 32.2. The second-order valence-electron chi connectivity index (χ2n) is 5.32. The lowest BCUT2D eigenvalue weighted by molar-refractivity contribution is 0.122. The number of methoxy groups -OCH3 is 2. The van der Waals surface area contributed by atoms with Crippen molar-refractivity contribution in [3.63, 3.8) is 0 Å². The van der Waals surface area contributed by atoms with E-state index in [1.165, 1.54) is 0 Å². The van der Waals surface area contributed by atoms with Crippen LogP contribution in [0, 0.1) is 0 Å². The molecule has 1 aliphatic heterocycles. The predicted octanol–water partition coefficient (Wildman–Crippen LogP) is 2.62. The monoisotopic (exact) mass is 347 g/mol. The molecule has 0 unspecified atom stereocenters. The van der Waals surface area contributed by atoms with Crippen molar-refractivity contribution in [3.8, 4) is 11.5 Å². The number of rotatable bonds is 6. The van der Waals surface area contributed by atoms with Gasteiger partial charge in [-0.15, -0.1) is 11.8 Å².